The number of phosphoric ester groups is 2. The van der Waals surface area contributed by atoms with Gasteiger partial charge in [-0.2, -0.15) is 0 Å². The summed E-state index contributed by atoms with van der Waals surface area (Å²) >= 11 is 0. The van der Waals surface area contributed by atoms with E-state index in [1.54, 1.807) is 0 Å². The Morgan fingerprint density at radius 1 is 0.286 bits per heavy atom. The maximum absolute atomic E-state index is 13.1. The number of aliphatic hydroxyl groups is 1. The summed E-state index contributed by atoms with van der Waals surface area (Å²) in [7, 11) is -9.92. The van der Waals surface area contributed by atoms with Gasteiger partial charge in [0, 0.05) is 25.7 Å². The summed E-state index contributed by atoms with van der Waals surface area (Å²) < 4.78 is 68.6. The van der Waals surface area contributed by atoms with Crippen molar-refractivity contribution in [2.24, 2.45) is 23.7 Å². The molecule has 0 radical (unpaired) electrons. The van der Waals surface area contributed by atoms with E-state index in [0.29, 0.717) is 31.6 Å². The highest BCUT2D eigenvalue weighted by molar-refractivity contribution is 7.47. The number of esters is 4. The number of carbonyl (C=O) groups is 4. The van der Waals surface area contributed by atoms with Crippen LogP contribution in [0.25, 0.3) is 0 Å². The molecule has 7 atom stereocenters. The second-order valence-corrected chi connectivity index (χ2v) is 32.8. The van der Waals surface area contributed by atoms with E-state index in [4.69, 9.17) is 37.0 Å². The van der Waals surface area contributed by atoms with Gasteiger partial charge in [0.1, 0.15) is 19.3 Å². The first-order valence-electron chi connectivity index (χ1n) is 40.8. The van der Waals surface area contributed by atoms with E-state index in [-0.39, 0.29) is 25.7 Å². The Morgan fingerprint density at radius 3 is 0.724 bits per heavy atom. The van der Waals surface area contributed by atoms with Crippen molar-refractivity contribution in [2.45, 2.75) is 420 Å². The van der Waals surface area contributed by atoms with Crippen molar-refractivity contribution < 1.29 is 80.2 Å². The highest BCUT2D eigenvalue weighted by atomic mass is 31.2. The highest BCUT2D eigenvalue weighted by Crippen LogP contribution is 2.45. The maximum Gasteiger partial charge on any atom is 0.472 e. The molecule has 19 heteroatoms. The van der Waals surface area contributed by atoms with Crippen molar-refractivity contribution in [3.05, 3.63) is 0 Å². The minimum absolute atomic E-state index is 0.104. The summed E-state index contributed by atoms with van der Waals surface area (Å²) in [5, 5.41) is 10.6. The van der Waals surface area contributed by atoms with Gasteiger partial charge in [-0.25, -0.2) is 9.13 Å². The predicted octanol–water partition coefficient (Wildman–Crippen LogP) is 23.2. The van der Waals surface area contributed by atoms with E-state index in [1.165, 1.54) is 199 Å². The number of ether oxygens (including phenoxy) is 4. The standard InChI is InChI=1S/C79H154O17P2/c1-9-71(7)57-49-41-33-25-21-17-14-15-19-23-27-36-45-53-61-78(83)95-74(65-89-76(81)59-51-43-35-26-22-18-13-11-12-16-20-24-31-39-47-55-69(3)4)67-93-97(85,86)91-63-73(80)64-92-98(87,88)94-68-75(66-90-77(82)60-52-44-38-30-32-40-48-56-70(5)6)96-79(84)62-54-46-37-29-28-34-42-50-58-72(8)10-2/h69-75,80H,9-68H2,1-8H3,(H,85,86)(H,87,88)/t71?,72?,73?,74-,75-/m1/s1. The van der Waals surface area contributed by atoms with Crippen molar-refractivity contribution in [2.75, 3.05) is 39.6 Å². The van der Waals surface area contributed by atoms with Gasteiger partial charge in [-0.3, -0.25) is 37.3 Å². The van der Waals surface area contributed by atoms with Crippen molar-refractivity contribution in [3.8, 4) is 0 Å². The van der Waals surface area contributed by atoms with Crippen LogP contribution in [0.2, 0.25) is 0 Å². The van der Waals surface area contributed by atoms with Crippen LogP contribution in [-0.2, 0) is 65.4 Å². The van der Waals surface area contributed by atoms with Gasteiger partial charge in [-0.15, -0.1) is 0 Å². The van der Waals surface area contributed by atoms with Gasteiger partial charge in [0.25, 0.3) is 0 Å². The zero-order chi connectivity index (χ0) is 72.4. The number of rotatable bonds is 76. The number of carbonyl (C=O) groups excluding carboxylic acids is 4. The lowest BCUT2D eigenvalue weighted by Gasteiger charge is -2.21. The minimum atomic E-state index is -4.96. The van der Waals surface area contributed by atoms with Crippen LogP contribution >= 0.6 is 15.6 Å². The summed E-state index contributed by atoms with van der Waals surface area (Å²) in [4.78, 5) is 72.9. The first-order valence-corrected chi connectivity index (χ1v) is 43.8. The van der Waals surface area contributed by atoms with Crippen molar-refractivity contribution in [1.29, 1.82) is 0 Å². The van der Waals surface area contributed by atoms with Gasteiger partial charge < -0.3 is 33.8 Å². The van der Waals surface area contributed by atoms with Crippen LogP contribution in [0.1, 0.15) is 402 Å². The SMILES string of the molecule is CCC(C)CCCCCCCCCCCCCCCCC(=O)O[C@H](COC(=O)CCCCCCCCCCCCCCCCCC(C)C)COP(=O)(O)OCC(O)COP(=O)(O)OC[C@@H](COC(=O)CCCCCCCCCC(C)C)OC(=O)CCCCCCCCCCC(C)CC. The summed E-state index contributed by atoms with van der Waals surface area (Å²) in [6.07, 6.45) is 54.1. The van der Waals surface area contributed by atoms with Crippen molar-refractivity contribution in [1.82, 2.24) is 0 Å². The Balaban J connectivity index is 5.24. The van der Waals surface area contributed by atoms with Crippen LogP contribution in [0.5, 0.6) is 0 Å². The number of hydrogen-bond donors (Lipinski definition) is 3. The molecule has 0 aliphatic heterocycles. The molecule has 98 heavy (non-hydrogen) atoms. The largest absolute Gasteiger partial charge is 0.472 e. The third-order valence-electron chi connectivity index (χ3n) is 19.0. The summed E-state index contributed by atoms with van der Waals surface area (Å²) in [5.74, 6) is 1.01. The average molecular weight is 1440 g/mol. The quantitative estimate of drug-likeness (QED) is 0.0222. The normalized spacial score (nSPS) is 14.6. The topological polar surface area (TPSA) is 237 Å². The fourth-order valence-corrected chi connectivity index (χ4v) is 13.6. The molecule has 0 saturated carbocycles. The van der Waals surface area contributed by atoms with Gasteiger partial charge in [-0.1, -0.05) is 351 Å². The van der Waals surface area contributed by atoms with E-state index < -0.39 is 97.5 Å². The van der Waals surface area contributed by atoms with Crippen LogP contribution in [0.4, 0.5) is 0 Å². The highest BCUT2D eigenvalue weighted by Gasteiger charge is 2.30. The molecular formula is C79H154O17P2. The molecule has 0 aromatic carbocycles. The molecule has 0 aromatic rings. The second-order valence-electron chi connectivity index (χ2n) is 29.9. The van der Waals surface area contributed by atoms with Crippen LogP contribution in [0.15, 0.2) is 0 Å². The molecule has 0 rings (SSSR count). The average Bonchev–Trinajstić information content (AvgIpc) is 2.13. The Kier molecular flexibility index (Phi) is 66.8. The fourth-order valence-electron chi connectivity index (χ4n) is 12.0. The van der Waals surface area contributed by atoms with E-state index in [2.05, 4.69) is 55.4 Å². The number of phosphoric acid groups is 2. The molecule has 0 heterocycles. The third kappa shape index (κ3) is 69.8. The Morgan fingerprint density at radius 2 is 0.490 bits per heavy atom. The predicted molar refractivity (Wildman–Crippen MR) is 400 cm³/mol. The zero-order valence-corrected chi connectivity index (χ0v) is 66.2. The molecule has 0 aliphatic rings. The lowest BCUT2D eigenvalue weighted by Crippen LogP contribution is -2.30. The molecule has 0 aromatic heterocycles. The fraction of sp³-hybridized carbons (Fsp3) is 0.949. The van der Waals surface area contributed by atoms with E-state index in [1.807, 2.05) is 0 Å². The molecule has 0 fully saturated rings. The smallest absolute Gasteiger partial charge is 0.462 e. The molecule has 0 bridgehead atoms. The van der Waals surface area contributed by atoms with Crippen LogP contribution < -0.4 is 0 Å². The summed E-state index contributed by atoms with van der Waals surface area (Å²) in [6, 6.07) is 0. The molecular weight excluding hydrogens is 1280 g/mol. The number of hydrogen-bond acceptors (Lipinski definition) is 15. The van der Waals surface area contributed by atoms with Gasteiger partial charge >= 0.3 is 39.5 Å². The summed E-state index contributed by atoms with van der Waals surface area (Å²) in [6.45, 7) is 14.2. The Labute approximate surface area is 600 Å². The Hall–Kier alpha value is -1.94. The van der Waals surface area contributed by atoms with E-state index in [9.17, 15) is 43.2 Å². The third-order valence-corrected chi connectivity index (χ3v) is 20.9. The van der Waals surface area contributed by atoms with Crippen LogP contribution in [-0.4, -0.2) is 96.7 Å². The molecule has 5 unspecified atom stereocenters. The molecule has 0 saturated heterocycles. The molecule has 582 valence electrons. The molecule has 0 aliphatic carbocycles. The van der Waals surface area contributed by atoms with Gasteiger partial charge in [0.15, 0.2) is 12.2 Å². The Bertz CT molecular complexity index is 1920. The number of unbranched alkanes of at least 4 members (excludes halogenated alkanes) is 40. The first kappa shape index (κ1) is 96.1. The van der Waals surface area contributed by atoms with Crippen molar-refractivity contribution >= 4 is 39.5 Å². The van der Waals surface area contributed by atoms with Gasteiger partial charge in [0.05, 0.1) is 26.4 Å². The lowest BCUT2D eigenvalue weighted by atomic mass is 9.99. The minimum Gasteiger partial charge on any atom is -0.462 e. The van der Waals surface area contributed by atoms with Crippen molar-refractivity contribution in [3.63, 3.8) is 0 Å². The molecule has 17 nitrogen and oxygen atoms in total. The van der Waals surface area contributed by atoms with Crippen LogP contribution in [0, 0.1) is 23.7 Å². The first-order chi connectivity index (χ1) is 47.2. The summed E-state index contributed by atoms with van der Waals surface area (Å²) in [5.41, 5.74) is 0. The maximum atomic E-state index is 13.1. The number of aliphatic hydroxyl groups excluding tert-OH is 1. The van der Waals surface area contributed by atoms with E-state index in [0.717, 1.165) is 114 Å². The van der Waals surface area contributed by atoms with Gasteiger partial charge in [-0.05, 0) is 49.4 Å². The molecule has 0 amide bonds. The monoisotopic (exact) mass is 1440 g/mol. The van der Waals surface area contributed by atoms with E-state index >= 15 is 0 Å². The second kappa shape index (κ2) is 68.2. The lowest BCUT2D eigenvalue weighted by molar-refractivity contribution is -0.161. The zero-order valence-electron chi connectivity index (χ0n) is 64.4. The molecule has 3 N–H and O–H groups in total. The molecule has 0 spiro atoms. The van der Waals surface area contributed by atoms with Crippen LogP contribution in [0.3, 0.4) is 0 Å². The van der Waals surface area contributed by atoms with Gasteiger partial charge in [0.2, 0.25) is 0 Å².